The second-order valence-electron chi connectivity index (χ2n) is 11.9. The van der Waals surface area contributed by atoms with E-state index >= 15 is 0 Å². The SMILES string of the molecule is C[C@@]12CC[C@H]3[C@@H](CC[C@H]4CCCC[C@@]43C)[C@H]1CC[C@@H]2[NH2+]C[C@H](O)COc1ccccc1. The molecular formula is C28H44NO2+. The molecule has 0 saturated heterocycles. The lowest BCUT2D eigenvalue weighted by Gasteiger charge is -2.60. The molecule has 0 aliphatic heterocycles. The Bertz CT molecular complexity index is 738. The average Bonchev–Trinajstić information content (AvgIpc) is 3.13. The molecule has 3 heteroatoms. The third kappa shape index (κ3) is 3.95. The van der Waals surface area contributed by atoms with E-state index in [0.717, 1.165) is 36.0 Å². The Morgan fingerprint density at radius 1 is 0.935 bits per heavy atom. The summed E-state index contributed by atoms with van der Waals surface area (Å²) in [6, 6.07) is 10.5. The molecule has 1 aromatic carbocycles. The highest BCUT2D eigenvalue weighted by Crippen LogP contribution is 2.65. The van der Waals surface area contributed by atoms with Crippen molar-refractivity contribution in [3.8, 4) is 5.75 Å². The van der Waals surface area contributed by atoms with Gasteiger partial charge in [0.15, 0.2) is 0 Å². The van der Waals surface area contributed by atoms with Crippen LogP contribution in [0.25, 0.3) is 0 Å². The number of hydrogen-bond acceptors (Lipinski definition) is 2. The van der Waals surface area contributed by atoms with Crippen molar-refractivity contribution in [2.45, 2.75) is 90.2 Å². The minimum absolute atomic E-state index is 0.387. The zero-order valence-corrected chi connectivity index (χ0v) is 19.8. The molecule has 4 aliphatic rings. The van der Waals surface area contributed by atoms with Crippen LogP contribution in [-0.2, 0) is 0 Å². The van der Waals surface area contributed by atoms with Gasteiger partial charge in [0.2, 0.25) is 0 Å². The van der Waals surface area contributed by atoms with Gasteiger partial charge in [0.1, 0.15) is 25.0 Å². The largest absolute Gasteiger partial charge is 0.491 e. The zero-order chi connectivity index (χ0) is 21.5. The Balaban J connectivity index is 1.18. The van der Waals surface area contributed by atoms with Gasteiger partial charge in [0.05, 0.1) is 6.04 Å². The van der Waals surface area contributed by atoms with Crippen molar-refractivity contribution >= 4 is 0 Å². The first-order chi connectivity index (χ1) is 15.0. The van der Waals surface area contributed by atoms with Crippen LogP contribution in [0.1, 0.15) is 78.1 Å². The first-order valence-corrected chi connectivity index (χ1v) is 13.2. The van der Waals surface area contributed by atoms with Crippen molar-refractivity contribution in [2.24, 2.45) is 34.5 Å². The molecule has 3 nitrogen and oxygen atoms in total. The van der Waals surface area contributed by atoms with E-state index in [1.54, 1.807) is 0 Å². The molecule has 0 spiro atoms. The van der Waals surface area contributed by atoms with Crippen molar-refractivity contribution in [2.75, 3.05) is 13.2 Å². The van der Waals surface area contributed by atoms with Gasteiger partial charge in [0.25, 0.3) is 0 Å². The third-order valence-corrected chi connectivity index (χ3v) is 10.5. The molecule has 3 N–H and O–H groups in total. The zero-order valence-electron chi connectivity index (χ0n) is 19.8. The summed E-state index contributed by atoms with van der Waals surface area (Å²) in [7, 11) is 0. The highest BCUT2D eigenvalue weighted by Gasteiger charge is 2.60. The fourth-order valence-electron chi connectivity index (χ4n) is 8.82. The summed E-state index contributed by atoms with van der Waals surface area (Å²) < 4.78 is 5.78. The molecular weight excluding hydrogens is 382 g/mol. The van der Waals surface area contributed by atoms with E-state index in [4.69, 9.17) is 4.74 Å². The van der Waals surface area contributed by atoms with Crippen LogP contribution < -0.4 is 10.1 Å². The Hall–Kier alpha value is -1.06. The minimum Gasteiger partial charge on any atom is -0.491 e. The second-order valence-corrected chi connectivity index (χ2v) is 11.9. The Morgan fingerprint density at radius 3 is 2.58 bits per heavy atom. The molecule has 5 rings (SSSR count). The van der Waals surface area contributed by atoms with Crippen LogP contribution >= 0.6 is 0 Å². The standard InChI is InChI=1S/C28H43NO2/c1-27-16-7-6-8-20(27)11-12-23-24-13-14-26(28(24,2)17-15-25(23)27)29-18-21(30)19-31-22-9-4-3-5-10-22/h3-5,9-10,20-21,23-26,29-30H,6-8,11-19H2,1-2H3/p+1/t20-,21+,23+,24-,25+,26+,27+,28-/m1/s1. The molecule has 4 fully saturated rings. The van der Waals surface area contributed by atoms with Crippen LogP contribution in [0.3, 0.4) is 0 Å². The van der Waals surface area contributed by atoms with E-state index in [-0.39, 0.29) is 0 Å². The summed E-state index contributed by atoms with van der Waals surface area (Å²) in [5.41, 5.74) is 1.09. The number of rotatable bonds is 6. The Morgan fingerprint density at radius 2 is 1.74 bits per heavy atom. The van der Waals surface area contributed by atoms with Crippen molar-refractivity contribution in [3.05, 3.63) is 30.3 Å². The molecule has 172 valence electrons. The molecule has 0 unspecified atom stereocenters. The number of aliphatic hydroxyl groups excluding tert-OH is 1. The summed E-state index contributed by atoms with van der Waals surface area (Å²) in [4.78, 5) is 0. The number of benzene rings is 1. The lowest BCUT2D eigenvalue weighted by Crippen LogP contribution is -2.94. The monoisotopic (exact) mass is 426 g/mol. The molecule has 0 amide bonds. The number of nitrogens with two attached hydrogens (primary N) is 1. The maximum Gasteiger partial charge on any atom is 0.137 e. The van der Waals surface area contributed by atoms with Gasteiger partial charge in [-0.2, -0.15) is 0 Å². The van der Waals surface area contributed by atoms with Crippen LogP contribution in [0.4, 0.5) is 0 Å². The average molecular weight is 427 g/mol. The molecule has 0 bridgehead atoms. The second kappa shape index (κ2) is 8.71. The van der Waals surface area contributed by atoms with Gasteiger partial charge in [-0.3, -0.25) is 0 Å². The quantitative estimate of drug-likeness (QED) is 0.687. The van der Waals surface area contributed by atoms with Crippen LogP contribution in [-0.4, -0.2) is 30.4 Å². The van der Waals surface area contributed by atoms with E-state index in [1.807, 2.05) is 30.3 Å². The van der Waals surface area contributed by atoms with Gasteiger partial charge in [-0.15, -0.1) is 0 Å². The lowest BCUT2D eigenvalue weighted by atomic mass is 9.45. The van der Waals surface area contributed by atoms with E-state index in [0.29, 0.717) is 23.5 Å². The van der Waals surface area contributed by atoms with E-state index in [9.17, 15) is 5.11 Å². The number of quaternary nitrogens is 1. The van der Waals surface area contributed by atoms with Crippen LogP contribution in [0, 0.1) is 34.5 Å². The number of ether oxygens (including phenoxy) is 1. The summed E-state index contributed by atoms with van der Waals surface area (Å²) in [5.74, 6) is 4.70. The maximum absolute atomic E-state index is 10.5. The third-order valence-electron chi connectivity index (χ3n) is 10.5. The fourth-order valence-corrected chi connectivity index (χ4v) is 8.82. The van der Waals surface area contributed by atoms with Gasteiger partial charge >= 0.3 is 0 Å². The highest BCUT2D eigenvalue weighted by molar-refractivity contribution is 5.20. The topological polar surface area (TPSA) is 46.1 Å². The predicted octanol–water partition coefficient (Wildman–Crippen LogP) is 4.79. The van der Waals surface area contributed by atoms with Crippen LogP contribution in [0.15, 0.2) is 30.3 Å². The molecule has 4 aliphatic carbocycles. The maximum atomic E-state index is 10.5. The van der Waals surface area contributed by atoms with Crippen molar-refractivity contribution < 1.29 is 15.2 Å². The molecule has 0 heterocycles. The van der Waals surface area contributed by atoms with Gasteiger partial charge in [-0.05, 0) is 86.2 Å². The normalized spacial score (nSPS) is 42.9. The summed E-state index contributed by atoms with van der Waals surface area (Å²) in [6.07, 6.45) is 14.1. The fraction of sp³-hybridized carbons (Fsp3) is 0.786. The van der Waals surface area contributed by atoms with Crippen molar-refractivity contribution in [1.82, 2.24) is 0 Å². The van der Waals surface area contributed by atoms with Crippen LogP contribution in [0.2, 0.25) is 0 Å². The highest BCUT2D eigenvalue weighted by atomic mass is 16.5. The molecule has 0 aromatic heterocycles. The number of aliphatic hydroxyl groups is 1. The van der Waals surface area contributed by atoms with Gasteiger partial charge in [-0.1, -0.05) is 44.9 Å². The summed E-state index contributed by atoms with van der Waals surface area (Å²) in [5, 5.41) is 13.0. The Kier molecular flexibility index (Phi) is 6.11. The van der Waals surface area contributed by atoms with Gasteiger partial charge in [0, 0.05) is 11.8 Å². The molecule has 1 aromatic rings. The molecule has 0 radical (unpaired) electrons. The first kappa shape index (κ1) is 21.8. The summed E-state index contributed by atoms with van der Waals surface area (Å²) >= 11 is 0. The Labute approximate surface area is 189 Å². The van der Waals surface area contributed by atoms with E-state index in [2.05, 4.69) is 19.2 Å². The first-order valence-electron chi connectivity index (χ1n) is 13.2. The number of fused-ring (bicyclic) bond motifs is 5. The smallest absolute Gasteiger partial charge is 0.137 e. The summed E-state index contributed by atoms with van der Waals surface area (Å²) in [6.45, 7) is 6.42. The van der Waals surface area contributed by atoms with Gasteiger partial charge in [-0.25, -0.2) is 0 Å². The molecule has 31 heavy (non-hydrogen) atoms. The predicted molar refractivity (Wildman–Crippen MR) is 125 cm³/mol. The molecule has 4 saturated carbocycles. The van der Waals surface area contributed by atoms with E-state index in [1.165, 1.54) is 64.2 Å². The van der Waals surface area contributed by atoms with Crippen molar-refractivity contribution in [3.63, 3.8) is 0 Å². The molecule has 8 atom stereocenters. The van der Waals surface area contributed by atoms with E-state index < -0.39 is 6.10 Å². The van der Waals surface area contributed by atoms with Crippen molar-refractivity contribution in [1.29, 1.82) is 0 Å². The van der Waals surface area contributed by atoms with Crippen LogP contribution in [0.5, 0.6) is 5.75 Å². The van der Waals surface area contributed by atoms with Gasteiger partial charge < -0.3 is 15.2 Å². The lowest BCUT2D eigenvalue weighted by molar-refractivity contribution is -0.706. The number of hydrogen-bond donors (Lipinski definition) is 2. The number of para-hydroxylation sites is 1. The minimum atomic E-state index is -0.407.